The number of benzene rings is 3. The SMILES string of the molecule is CCCOc1ccc(NC(=O)C(=O)N/N=C\c2cccc(OCc3ccccc3Cl)c2)cc1. The van der Waals surface area contributed by atoms with Crippen molar-refractivity contribution in [1.29, 1.82) is 0 Å². The fourth-order valence-electron chi connectivity index (χ4n) is 2.72. The van der Waals surface area contributed by atoms with Gasteiger partial charge in [-0.1, -0.05) is 48.9 Å². The molecule has 33 heavy (non-hydrogen) atoms. The molecule has 2 N–H and O–H groups in total. The van der Waals surface area contributed by atoms with E-state index in [1.165, 1.54) is 6.21 Å². The first kappa shape index (κ1) is 23.8. The van der Waals surface area contributed by atoms with Crippen LogP contribution >= 0.6 is 11.6 Å². The third-order valence-corrected chi connectivity index (χ3v) is 4.75. The highest BCUT2D eigenvalue weighted by Crippen LogP contribution is 2.19. The zero-order valence-electron chi connectivity index (χ0n) is 18.1. The Hall–Kier alpha value is -3.84. The average Bonchev–Trinajstić information content (AvgIpc) is 2.83. The summed E-state index contributed by atoms with van der Waals surface area (Å²) in [5, 5.41) is 6.99. The zero-order valence-corrected chi connectivity index (χ0v) is 18.8. The van der Waals surface area contributed by atoms with Crippen LogP contribution in [0.15, 0.2) is 77.9 Å². The number of hydrogen-bond donors (Lipinski definition) is 2. The number of rotatable bonds is 9. The van der Waals surface area contributed by atoms with Gasteiger partial charge in [0.15, 0.2) is 0 Å². The average molecular weight is 466 g/mol. The maximum Gasteiger partial charge on any atom is 0.329 e. The van der Waals surface area contributed by atoms with Crippen molar-refractivity contribution < 1.29 is 19.1 Å². The van der Waals surface area contributed by atoms with Crippen molar-refractivity contribution in [3.8, 4) is 11.5 Å². The minimum Gasteiger partial charge on any atom is -0.494 e. The lowest BCUT2D eigenvalue weighted by Gasteiger charge is -2.08. The highest BCUT2D eigenvalue weighted by atomic mass is 35.5. The van der Waals surface area contributed by atoms with Crippen LogP contribution in [-0.4, -0.2) is 24.6 Å². The number of hydrogen-bond acceptors (Lipinski definition) is 5. The molecule has 0 aliphatic rings. The molecule has 0 unspecified atom stereocenters. The van der Waals surface area contributed by atoms with E-state index in [-0.39, 0.29) is 0 Å². The molecule has 8 heteroatoms. The molecular weight excluding hydrogens is 442 g/mol. The largest absolute Gasteiger partial charge is 0.494 e. The van der Waals surface area contributed by atoms with Crippen molar-refractivity contribution in [3.05, 3.63) is 88.9 Å². The van der Waals surface area contributed by atoms with E-state index < -0.39 is 11.8 Å². The Balaban J connectivity index is 1.48. The summed E-state index contributed by atoms with van der Waals surface area (Å²) in [6.07, 6.45) is 2.33. The lowest BCUT2D eigenvalue weighted by atomic mass is 10.2. The number of nitrogens with zero attached hydrogens (tertiary/aromatic N) is 1. The molecule has 0 saturated carbocycles. The summed E-state index contributed by atoms with van der Waals surface area (Å²) < 4.78 is 11.3. The van der Waals surface area contributed by atoms with Crippen LogP contribution in [0.1, 0.15) is 24.5 Å². The smallest absolute Gasteiger partial charge is 0.329 e. The normalized spacial score (nSPS) is 10.6. The molecule has 170 valence electrons. The molecule has 0 aliphatic carbocycles. The lowest BCUT2D eigenvalue weighted by molar-refractivity contribution is -0.136. The molecule has 0 radical (unpaired) electrons. The summed E-state index contributed by atoms with van der Waals surface area (Å²) in [6.45, 7) is 2.95. The molecule has 3 aromatic carbocycles. The molecule has 0 atom stereocenters. The number of amides is 2. The topological polar surface area (TPSA) is 89.0 Å². The van der Waals surface area contributed by atoms with Crippen LogP contribution in [0.3, 0.4) is 0 Å². The summed E-state index contributed by atoms with van der Waals surface area (Å²) in [6, 6.07) is 21.4. The monoisotopic (exact) mass is 465 g/mol. The fourth-order valence-corrected chi connectivity index (χ4v) is 2.91. The Morgan fingerprint density at radius 3 is 2.48 bits per heavy atom. The third-order valence-electron chi connectivity index (χ3n) is 4.38. The maximum absolute atomic E-state index is 12.1. The highest BCUT2D eigenvalue weighted by Gasteiger charge is 2.12. The summed E-state index contributed by atoms with van der Waals surface area (Å²) in [5.41, 5.74) is 4.25. The summed E-state index contributed by atoms with van der Waals surface area (Å²) in [7, 11) is 0. The molecule has 0 fully saturated rings. The van der Waals surface area contributed by atoms with Gasteiger partial charge in [0.1, 0.15) is 18.1 Å². The minimum absolute atomic E-state index is 0.322. The van der Waals surface area contributed by atoms with Crippen LogP contribution in [-0.2, 0) is 16.2 Å². The van der Waals surface area contributed by atoms with Gasteiger partial charge < -0.3 is 14.8 Å². The summed E-state index contributed by atoms with van der Waals surface area (Å²) >= 11 is 6.14. The zero-order chi connectivity index (χ0) is 23.5. The molecule has 0 aliphatic heterocycles. The molecule has 2 amide bonds. The summed E-state index contributed by atoms with van der Waals surface area (Å²) in [4.78, 5) is 24.1. The van der Waals surface area contributed by atoms with Gasteiger partial charge in [0.2, 0.25) is 0 Å². The van der Waals surface area contributed by atoms with E-state index in [1.54, 1.807) is 54.6 Å². The van der Waals surface area contributed by atoms with E-state index in [0.29, 0.717) is 41.0 Å². The molecule has 0 spiro atoms. The van der Waals surface area contributed by atoms with E-state index in [0.717, 1.165) is 12.0 Å². The quantitative estimate of drug-likeness (QED) is 0.270. The van der Waals surface area contributed by atoms with Crippen molar-refractivity contribution in [1.82, 2.24) is 5.43 Å². The number of ether oxygens (including phenoxy) is 2. The number of carbonyl (C=O) groups excluding carboxylic acids is 2. The second-order valence-corrected chi connectivity index (χ2v) is 7.39. The maximum atomic E-state index is 12.1. The van der Waals surface area contributed by atoms with Crippen LogP contribution in [0, 0.1) is 0 Å². The van der Waals surface area contributed by atoms with Crippen LogP contribution in [0.5, 0.6) is 11.5 Å². The van der Waals surface area contributed by atoms with E-state index in [9.17, 15) is 9.59 Å². The lowest BCUT2D eigenvalue weighted by Crippen LogP contribution is -2.32. The van der Waals surface area contributed by atoms with E-state index in [1.807, 2.05) is 25.1 Å². The van der Waals surface area contributed by atoms with Gasteiger partial charge in [-0.15, -0.1) is 0 Å². The van der Waals surface area contributed by atoms with Crippen molar-refractivity contribution in [2.75, 3.05) is 11.9 Å². The first-order chi connectivity index (χ1) is 16.0. The Morgan fingerprint density at radius 1 is 0.939 bits per heavy atom. The van der Waals surface area contributed by atoms with Crippen molar-refractivity contribution in [3.63, 3.8) is 0 Å². The van der Waals surface area contributed by atoms with Crippen molar-refractivity contribution in [2.45, 2.75) is 20.0 Å². The van der Waals surface area contributed by atoms with E-state index in [4.69, 9.17) is 21.1 Å². The number of hydrazone groups is 1. The Morgan fingerprint density at radius 2 is 1.73 bits per heavy atom. The first-order valence-electron chi connectivity index (χ1n) is 10.4. The highest BCUT2D eigenvalue weighted by molar-refractivity contribution is 6.39. The third kappa shape index (κ3) is 7.66. The number of nitrogens with one attached hydrogen (secondary N) is 2. The number of carbonyl (C=O) groups is 2. The predicted octanol–water partition coefficient (Wildman–Crippen LogP) is 4.80. The van der Waals surface area contributed by atoms with Crippen LogP contribution in [0.25, 0.3) is 0 Å². The molecule has 7 nitrogen and oxygen atoms in total. The molecule has 0 bridgehead atoms. The van der Waals surface area contributed by atoms with Gasteiger partial charge in [0, 0.05) is 16.3 Å². The van der Waals surface area contributed by atoms with Gasteiger partial charge in [-0.05, 0) is 54.4 Å². The van der Waals surface area contributed by atoms with E-state index in [2.05, 4.69) is 15.8 Å². The molecular formula is C25H24ClN3O4. The van der Waals surface area contributed by atoms with Gasteiger partial charge in [0.05, 0.1) is 12.8 Å². The van der Waals surface area contributed by atoms with Crippen LogP contribution < -0.4 is 20.2 Å². The van der Waals surface area contributed by atoms with E-state index >= 15 is 0 Å². The second-order valence-electron chi connectivity index (χ2n) is 6.98. The Kier molecular flexibility index (Phi) is 8.85. The number of halogens is 1. The summed E-state index contributed by atoms with van der Waals surface area (Å²) in [5.74, 6) is -0.397. The standard InChI is InChI=1S/C25H24ClN3O4/c1-2-14-32-21-12-10-20(11-13-21)28-24(30)25(31)29-27-16-18-6-5-8-22(15-18)33-17-19-7-3-4-9-23(19)26/h3-13,15-16H,2,14,17H2,1H3,(H,28,30)(H,29,31)/b27-16-. The fraction of sp³-hybridized carbons (Fsp3) is 0.160. The van der Waals surface area contributed by atoms with Gasteiger partial charge in [-0.25, -0.2) is 5.43 Å². The minimum atomic E-state index is -0.885. The van der Waals surface area contributed by atoms with Gasteiger partial charge >= 0.3 is 11.8 Å². The molecule has 3 aromatic rings. The van der Waals surface area contributed by atoms with Gasteiger partial charge in [-0.2, -0.15) is 5.10 Å². The number of anilines is 1. The van der Waals surface area contributed by atoms with Gasteiger partial charge in [0.25, 0.3) is 0 Å². The first-order valence-corrected chi connectivity index (χ1v) is 10.8. The van der Waals surface area contributed by atoms with Crippen LogP contribution in [0.4, 0.5) is 5.69 Å². The predicted molar refractivity (Wildman–Crippen MR) is 129 cm³/mol. The molecule has 3 rings (SSSR count). The Bertz CT molecular complexity index is 1120. The Labute approximate surface area is 197 Å². The second kappa shape index (κ2) is 12.3. The molecule has 0 saturated heterocycles. The van der Waals surface area contributed by atoms with Gasteiger partial charge in [-0.3, -0.25) is 9.59 Å². The van der Waals surface area contributed by atoms with Crippen LogP contribution in [0.2, 0.25) is 5.02 Å². The van der Waals surface area contributed by atoms with Crippen molar-refractivity contribution in [2.24, 2.45) is 5.10 Å². The van der Waals surface area contributed by atoms with Crippen molar-refractivity contribution >= 4 is 35.3 Å². The molecule has 0 aromatic heterocycles. The molecule has 0 heterocycles.